The lowest BCUT2D eigenvalue weighted by Crippen LogP contribution is -2.65. The molecule has 41 heteroatoms. The maximum Gasteiger partial charge on any atom is 0.247 e. The number of hydrogen-bond acceptors (Lipinski definition) is 27. The van der Waals surface area contributed by atoms with E-state index in [0.29, 0.717) is 15.8 Å². The molecule has 7 aromatic carbocycles. The summed E-state index contributed by atoms with van der Waals surface area (Å²) in [6, 6.07) is 15.5. The van der Waals surface area contributed by atoms with Crippen molar-refractivity contribution in [3.05, 3.63) is 191 Å². The van der Waals surface area contributed by atoms with Crippen LogP contribution < -0.4 is 78.3 Å². The van der Waals surface area contributed by atoms with E-state index in [1.165, 1.54) is 49.5 Å². The molecule has 6 heterocycles. The zero-order valence-electron chi connectivity index (χ0n) is 67.4. The molecule has 18 atom stereocenters. The van der Waals surface area contributed by atoms with Crippen LogP contribution in [0.5, 0.6) is 51.7 Å². The molecular formula is C83H94Cl4N14O23. The lowest BCUT2D eigenvalue weighted by molar-refractivity contribution is -0.331. The van der Waals surface area contributed by atoms with E-state index in [9.17, 15) is 75.2 Å². The third kappa shape index (κ3) is 22.3. The number of fused-ring (bicyclic) bond motifs is 6. The van der Waals surface area contributed by atoms with Crippen LogP contribution in [-0.2, 0) is 65.7 Å². The normalized spacial score (nSPS) is 25.8. The van der Waals surface area contributed by atoms with Gasteiger partial charge in [0.05, 0.1) is 57.4 Å². The molecule has 21 N–H and O–H groups in total. The van der Waals surface area contributed by atoms with Crippen LogP contribution in [0.2, 0.25) is 20.1 Å². The number of aliphatic hydroxyl groups is 5. The van der Waals surface area contributed by atoms with Crippen molar-refractivity contribution in [2.75, 3.05) is 26.7 Å². The molecule has 0 radical (unpaired) electrons. The van der Waals surface area contributed by atoms with Crippen LogP contribution >= 0.6 is 46.4 Å². The summed E-state index contributed by atoms with van der Waals surface area (Å²) in [5.74, 6) is -12.8. The van der Waals surface area contributed by atoms with Crippen molar-refractivity contribution in [3.8, 4) is 62.9 Å². The number of ether oxygens (including phenoxy) is 7. The molecule has 662 valence electrons. The smallest absolute Gasteiger partial charge is 0.247 e. The minimum atomic E-state index is -2.27. The molecule has 10 unspecified atom stereocenters. The summed E-state index contributed by atoms with van der Waals surface area (Å²) in [5, 5.41) is 123. The van der Waals surface area contributed by atoms with Gasteiger partial charge in [0.2, 0.25) is 59.3 Å². The van der Waals surface area contributed by atoms with Crippen molar-refractivity contribution < 1.29 is 112 Å². The Morgan fingerprint density at radius 2 is 1.36 bits per heavy atom. The Kier molecular flexibility index (Phi) is 31.1. The highest BCUT2D eigenvalue weighted by Crippen LogP contribution is 2.49. The molecule has 0 aliphatic carbocycles. The predicted octanol–water partition coefficient (Wildman–Crippen LogP) is 5.47. The van der Waals surface area contributed by atoms with Gasteiger partial charge in [0.25, 0.3) is 0 Å². The fourth-order valence-electron chi connectivity index (χ4n) is 14.5. The SMILES string of the molecule is CN[C@H](CC(C)C)C(=O)N[C@H]1C(=O)N[C@@H](CC(N)=O)C(=O)N[C@H](C)C(=O)NC2C(=O)N[C@H](C(=O)N[C@@H](C(=O)NCCN)c3cc(O)cc(O)c3-c3cc2ccc3O)[C@H](O)c2ccc(c(Cl)c2)Oc2cccc(c2OC2OC(CN=[N+]=[N-])C(O)C(O)C2OC2CC(C)(NCc3ccc(OCc4ccc(Cl)c(Cl)c4)cc3)C(O)C(C)O2)Oc2ccc(cc2Cl)[C@H]1O. The van der Waals surface area contributed by atoms with Crippen LogP contribution in [0, 0.1) is 5.92 Å². The summed E-state index contributed by atoms with van der Waals surface area (Å²) >= 11 is 26.6. The van der Waals surface area contributed by atoms with Crippen LogP contribution in [-0.4, -0.2) is 200 Å². The maximum absolute atomic E-state index is 15.4. The molecule has 0 spiro atoms. The first-order chi connectivity index (χ1) is 59.0. The third-order valence-electron chi connectivity index (χ3n) is 21.1. The molecule has 0 aromatic heterocycles. The van der Waals surface area contributed by atoms with Crippen molar-refractivity contribution in [1.29, 1.82) is 0 Å². The lowest BCUT2D eigenvalue weighted by atomic mass is 9.84. The third-order valence-corrected chi connectivity index (χ3v) is 22.4. The molecule has 124 heavy (non-hydrogen) atoms. The van der Waals surface area contributed by atoms with E-state index in [-0.39, 0.29) is 106 Å². The molecule has 8 amide bonds. The fourth-order valence-corrected chi connectivity index (χ4v) is 15.3. The Morgan fingerprint density at radius 3 is 1.99 bits per heavy atom. The number of phenols is 3. The average molecular weight is 1800 g/mol. The van der Waals surface area contributed by atoms with Crippen molar-refractivity contribution in [2.45, 2.75) is 176 Å². The van der Waals surface area contributed by atoms with Crippen molar-refractivity contribution in [2.24, 2.45) is 22.5 Å². The first-order valence-corrected chi connectivity index (χ1v) is 40.7. The quantitative estimate of drug-likeness (QED) is 0.0227. The number of hydrogen-bond donors (Lipinski definition) is 19. The average Bonchev–Trinajstić information content (AvgIpc) is 0.815. The Balaban J connectivity index is 1.01. The molecule has 0 saturated carbocycles. The summed E-state index contributed by atoms with van der Waals surface area (Å²) in [7, 11) is 1.47. The van der Waals surface area contributed by atoms with E-state index in [0.717, 1.165) is 60.5 Å². The number of amides is 8. The van der Waals surface area contributed by atoms with Crippen LogP contribution in [0.3, 0.4) is 0 Å². The van der Waals surface area contributed by atoms with E-state index in [2.05, 4.69) is 57.9 Å². The zero-order valence-corrected chi connectivity index (χ0v) is 70.4. The van der Waals surface area contributed by atoms with E-state index in [1.807, 2.05) is 26.0 Å². The van der Waals surface area contributed by atoms with E-state index in [1.54, 1.807) is 44.2 Å². The number of nitrogens with two attached hydrogens (primary N) is 2. The molecule has 6 aliphatic heterocycles. The van der Waals surface area contributed by atoms with Gasteiger partial charge in [-0.15, -0.1) is 0 Å². The van der Waals surface area contributed by atoms with Crippen molar-refractivity contribution >= 4 is 93.7 Å². The van der Waals surface area contributed by atoms with E-state index < -0.39 is 198 Å². The number of phenolic OH excluding ortho intramolecular Hbond substituents is 3. The number of aromatic hydroxyl groups is 3. The monoisotopic (exact) mass is 1790 g/mol. The van der Waals surface area contributed by atoms with E-state index in [4.69, 9.17) is 91.0 Å². The second-order valence-corrected chi connectivity index (χ2v) is 32.3. The highest BCUT2D eigenvalue weighted by Gasteiger charge is 2.52. The van der Waals surface area contributed by atoms with Gasteiger partial charge < -0.3 is 133 Å². The topological polar surface area (TPSA) is 572 Å². The number of aliphatic hydroxyl groups excluding tert-OH is 5. The minimum Gasteiger partial charge on any atom is -0.508 e. The van der Waals surface area contributed by atoms with Gasteiger partial charge in [0.15, 0.2) is 23.9 Å². The Labute approximate surface area is 729 Å². The molecule has 37 nitrogen and oxygen atoms in total. The Hall–Kier alpha value is -11.1. The first-order valence-electron chi connectivity index (χ1n) is 39.1. The largest absolute Gasteiger partial charge is 0.508 e. The fraction of sp³-hybridized carbons (Fsp3) is 0.398. The van der Waals surface area contributed by atoms with Gasteiger partial charge in [0, 0.05) is 53.7 Å². The summed E-state index contributed by atoms with van der Waals surface area (Å²) in [5.41, 5.74) is 19.5. The number of rotatable bonds is 22. The lowest BCUT2D eigenvalue weighted by Gasteiger charge is -2.48. The molecule has 7 aromatic rings. The Bertz CT molecular complexity index is 5180. The predicted molar refractivity (Wildman–Crippen MR) is 447 cm³/mol. The van der Waals surface area contributed by atoms with Crippen molar-refractivity contribution in [3.63, 3.8) is 0 Å². The second kappa shape index (κ2) is 41.2. The van der Waals surface area contributed by atoms with Gasteiger partial charge in [-0.3, -0.25) is 38.4 Å². The number of primary amides is 1. The van der Waals surface area contributed by atoms with E-state index >= 15 is 9.59 Å². The zero-order chi connectivity index (χ0) is 89.9. The van der Waals surface area contributed by atoms with Crippen LogP contribution in [0.4, 0.5) is 0 Å². The molecule has 2 fully saturated rings. The molecule has 10 bridgehead atoms. The number of carbonyl (C=O) groups is 8. The number of azide groups is 1. The Morgan fingerprint density at radius 1 is 0.702 bits per heavy atom. The highest BCUT2D eigenvalue weighted by atomic mass is 35.5. The van der Waals surface area contributed by atoms with Gasteiger partial charge >= 0.3 is 0 Å². The number of benzene rings is 7. The summed E-state index contributed by atoms with van der Waals surface area (Å²) < 4.78 is 45.2. The number of para-hydroxylation sites is 1. The number of nitrogens with zero attached hydrogens (tertiary/aromatic N) is 3. The van der Waals surface area contributed by atoms with Crippen LogP contribution in [0.1, 0.15) is 112 Å². The van der Waals surface area contributed by atoms with Gasteiger partial charge in [0.1, 0.15) is 102 Å². The second-order valence-electron chi connectivity index (χ2n) is 30.7. The first kappa shape index (κ1) is 93.6. The molecular weight excluding hydrogens is 1700 g/mol. The van der Waals surface area contributed by atoms with Crippen LogP contribution in [0.15, 0.2) is 133 Å². The number of likely N-dealkylation sites (N-methyl/N-ethyl adjacent to an activating group) is 1. The summed E-state index contributed by atoms with van der Waals surface area (Å²) in [4.78, 5) is 119. The number of nitrogens with one attached hydrogen (secondary N) is 9. The summed E-state index contributed by atoms with van der Waals surface area (Å²) in [6.45, 7) is 7.47. The number of carbonyl (C=O) groups excluding carboxylic acids is 8. The summed E-state index contributed by atoms with van der Waals surface area (Å²) in [6.07, 6.45) is -18.0. The standard InChI is InChI=1S/C83H94Cl4N14O23/c1-36(2)24-52(91-6)76(112)99-66-68(106)42-14-20-56(50(86)27-42)120-58-8-7-9-59(72(58)124-82-73(71(109)70(108)60(122-82)34-94-101-90)123-62-32-83(5,74(110)38(4)119-62)93-33-39-10-16-45(17-11-39)118-35-40-12-18-48(84)49(85)25-40)121-57-21-15-43(28-51(57)87)69(107)67-81(117)98-65(78(114)92-23-22-88)47-29-44(102)30-55(104)63(47)46-26-41(13-19-54(46)103)64(79(115)100-67)97-75(111)37(3)95-77(113)53(31-61(89)105)96-80(66)116/h7-21,25-30,36-38,52-53,60,62,64-71,73-74,82,91,93,102-104,106-110H,22-24,31-35,88H2,1-6H3,(H2,89,105)(H,92,114)(H,95,113)(H,96,116)(H,97,111)(H,98,117)(H,99,112)(H,100,115)/t37-,38?,52-,53+,60?,62?,64?,65-,66-,67+,68-,69-,70?,71?,73?,74?,82?,83?/m1/s1. The van der Waals surface area contributed by atoms with Crippen molar-refractivity contribution in [1.82, 2.24) is 47.9 Å². The molecule has 13 rings (SSSR count). The van der Waals surface area contributed by atoms with Gasteiger partial charge in [-0.25, -0.2) is 0 Å². The van der Waals surface area contributed by atoms with Gasteiger partial charge in [-0.1, -0.05) is 108 Å². The minimum absolute atomic E-state index is 0.119. The number of halogens is 4. The maximum atomic E-state index is 15.4. The highest BCUT2D eigenvalue weighted by molar-refractivity contribution is 6.42. The molecule has 6 aliphatic rings. The van der Waals surface area contributed by atoms with Gasteiger partial charge in [-0.05, 0) is 158 Å². The molecule has 2 saturated heterocycles. The van der Waals surface area contributed by atoms with Crippen LogP contribution in [0.25, 0.3) is 21.6 Å². The van der Waals surface area contributed by atoms with Gasteiger partial charge in [-0.2, -0.15) is 0 Å².